The molecule has 1 saturated heterocycles. The molecular formula is C13H22N4O. The summed E-state index contributed by atoms with van der Waals surface area (Å²) in [5.41, 5.74) is 13.8. The minimum atomic E-state index is -0.270. The molecule has 5 heteroatoms. The summed E-state index contributed by atoms with van der Waals surface area (Å²) < 4.78 is 0. The summed E-state index contributed by atoms with van der Waals surface area (Å²) in [6.45, 7) is 1.57. The van der Waals surface area contributed by atoms with E-state index in [0.29, 0.717) is 24.0 Å². The SMILES string of the molecule is CN(C)CC1CC(O)CN1c1ccc(N)c(N)c1. The van der Waals surface area contributed by atoms with E-state index in [1.54, 1.807) is 0 Å². The van der Waals surface area contributed by atoms with Crippen molar-refractivity contribution in [3.05, 3.63) is 18.2 Å². The van der Waals surface area contributed by atoms with E-state index in [0.717, 1.165) is 18.7 Å². The zero-order chi connectivity index (χ0) is 13.3. The Morgan fingerprint density at radius 3 is 2.67 bits per heavy atom. The van der Waals surface area contributed by atoms with Crippen molar-refractivity contribution in [2.75, 3.05) is 43.6 Å². The number of aliphatic hydroxyl groups is 1. The van der Waals surface area contributed by atoms with Crippen LogP contribution in [0.2, 0.25) is 0 Å². The normalized spacial score (nSPS) is 23.9. The third kappa shape index (κ3) is 2.68. The molecule has 2 rings (SSSR count). The number of β-amino-alcohol motifs (C(OH)–C–C–N with tert-alkyl or cyclic N) is 1. The molecule has 0 aliphatic carbocycles. The number of nitrogens with zero attached hydrogens (tertiary/aromatic N) is 2. The average Bonchev–Trinajstić information content (AvgIpc) is 2.62. The van der Waals surface area contributed by atoms with Crippen LogP contribution in [0.25, 0.3) is 0 Å². The van der Waals surface area contributed by atoms with Crippen LogP contribution in [-0.2, 0) is 0 Å². The highest BCUT2D eigenvalue weighted by molar-refractivity contribution is 5.70. The van der Waals surface area contributed by atoms with Gasteiger partial charge in [0.1, 0.15) is 0 Å². The Labute approximate surface area is 108 Å². The van der Waals surface area contributed by atoms with Gasteiger partial charge in [0.05, 0.1) is 17.5 Å². The molecule has 5 N–H and O–H groups in total. The number of likely N-dealkylation sites (N-methyl/N-ethyl adjacent to an activating group) is 1. The van der Waals surface area contributed by atoms with Crippen LogP contribution in [0.15, 0.2) is 18.2 Å². The average molecular weight is 250 g/mol. The van der Waals surface area contributed by atoms with Crippen molar-refractivity contribution in [3.8, 4) is 0 Å². The fourth-order valence-corrected chi connectivity index (χ4v) is 2.54. The molecule has 5 nitrogen and oxygen atoms in total. The van der Waals surface area contributed by atoms with E-state index in [2.05, 4.69) is 9.80 Å². The van der Waals surface area contributed by atoms with Crippen molar-refractivity contribution in [2.45, 2.75) is 18.6 Å². The smallest absolute Gasteiger partial charge is 0.0735 e. The maximum atomic E-state index is 9.85. The molecule has 0 amide bonds. The van der Waals surface area contributed by atoms with E-state index in [-0.39, 0.29) is 6.10 Å². The Hall–Kier alpha value is -1.46. The fourth-order valence-electron chi connectivity index (χ4n) is 2.54. The first-order valence-corrected chi connectivity index (χ1v) is 6.22. The second kappa shape index (κ2) is 5.04. The van der Waals surface area contributed by atoms with Gasteiger partial charge in [0.15, 0.2) is 0 Å². The van der Waals surface area contributed by atoms with E-state index in [1.165, 1.54) is 0 Å². The molecule has 2 atom stereocenters. The minimum Gasteiger partial charge on any atom is -0.397 e. The molecule has 100 valence electrons. The second-order valence-electron chi connectivity index (χ2n) is 5.27. The van der Waals surface area contributed by atoms with Gasteiger partial charge in [-0.2, -0.15) is 0 Å². The zero-order valence-corrected chi connectivity index (χ0v) is 11.0. The summed E-state index contributed by atoms with van der Waals surface area (Å²) in [6.07, 6.45) is 0.524. The van der Waals surface area contributed by atoms with Gasteiger partial charge in [-0.25, -0.2) is 0 Å². The molecule has 0 aromatic heterocycles. The fraction of sp³-hybridized carbons (Fsp3) is 0.538. The lowest BCUT2D eigenvalue weighted by molar-refractivity contribution is 0.191. The highest BCUT2D eigenvalue weighted by Crippen LogP contribution is 2.29. The molecule has 0 radical (unpaired) electrons. The van der Waals surface area contributed by atoms with E-state index in [1.807, 2.05) is 32.3 Å². The lowest BCUT2D eigenvalue weighted by Crippen LogP contribution is -2.37. The van der Waals surface area contributed by atoms with Crippen molar-refractivity contribution in [3.63, 3.8) is 0 Å². The Bertz CT molecular complexity index is 421. The summed E-state index contributed by atoms with van der Waals surface area (Å²) in [4.78, 5) is 4.34. The van der Waals surface area contributed by atoms with Crippen LogP contribution >= 0.6 is 0 Å². The van der Waals surface area contributed by atoms with Crippen LogP contribution in [0, 0.1) is 0 Å². The monoisotopic (exact) mass is 250 g/mol. The molecule has 2 unspecified atom stereocenters. The summed E-state index contributed by atoms with van der Waals surface area (Å²) in [7, 11) is 4.08. The number of nitrogens with two attached hydrogens (primary N) is 2. The quantitative estimate of drug-likeness (QED) is 0.675. The van der Waals surface area contributed by atoms with Gasteiger partial charge in [-0.15, -0.1) is 0 Å². The van der Waals surface area contributed by atoms with Crippen molar-refractivity contribution in [2.24, 2.45) is 0 Å². The lowest BCUT2D eigenvalue weighted by atomic mass is 10.1. The lowest BCUT2D eigenvalue weighted by Gasteiger charge is -2.29. The van der Waals surface area contributed by atoms with Crippen LogP contribution in [0.5, 0.6) is 0 Å². The predicted octanol–water partition coefficient (Wildman–Crippen LogP) is 0.352. The predicted molar refractivity (Wildman–Crippen MR) is 75.6 cm³/mol. The number of hydrogen-bond donors (Lipinski definition) is 3. The van der Waals surface area contributed by atoms with Crippen molar-refractivity contribution >= 4 is 17.1 Å². The molecule has 1 aliphatic rings. The molecule has 0 saturated carbocycles. The molecule has 1 aromatic carbocycles. The zero-order valence-electron chi connectivity index (χ0n) is 11.0. The molecule has 1 heterocycles. The molecule has 1 aliphatic heterocycles. The van der Waals surface area contributed by atoms with Gasteiger partial charge in [-0.1, -0.05) is 0 Å². The number of hydrogen-bond acceptors (Lipinski definition) is 5. The van der Waals surface area contributed by atoms with E-state index < -0.39 is 0 Å². The van der Waals surface area contributed by atoms with Crippen molar-refractivity contribution in [1.82, 2.24) is 4.90 Å². The molecule has 0 spiro atoms. The first-order valence-electron chi connectivity index (χ1n) is 6.22. The summed E-state index contributed by atoms with van der Waals surface area (Å²) in [5.74, 6) is 0. The van der Waals surface area contributed by atoms with Gasteiger partial charge < -0.3 is 26.4 Å². The van der Waals surface area contributed by atoms with E-state index in [4.69, 9.17) is 11.5 Å². The van der Waals surface area contributed by atoms with Crippen molar-refractivity contribution < 1.29 is 5.11 Å². The first-order chi connectivity index (χ1) is 8.47. The molecule has 1 aromatic rings. The Balaban J connectivity index is 2.21. The number of aliphatic hydroxyl groups excluding tert-OH is 1. The Morgan fingerprint density at radius 1 is 1.33 bits per heavy atom. The Morgan fingerprint density at radius 2 is 2.06 bits per heavy atom. The van der Waals surface area contributed by atoms with E-state index >= 15 is 0 Å². The third-order valence-corrected chi connectivity index (χ3v) is 3.37. The maximum absolute atomic E-state index is 9.85. The number of rotatable bonds is 3. The Kier molecular flexibility index (Phi) is 3.63. The second-order valence-corrected chi connectivity index (χ2v) is 5.27. The van der Waals surface area contributed by atoms with Crippen LogP contribution in [0.4, 0.5) is 17.1 Å². The van der Waals surface area contributed by atoms with Gasteiger partial charge >= 0.3 is 0 Å². The van der Waals surface area contributed by atoms with Gasteiger partial charge in [0.25, 0.3) is 0 Å². The van der Waals surface area contributed by atoms with Gasteiger partial charge in [-0.05, 0) is 38.7 Å². The molecular weight excluding hydrogens is 228 g/mol. The third-order valence-electron chi connectivity index (χ3n) is 3.37. The molecule has 18 heavy (non-hydrogen) atoms. The van der Waals surface area contributed by atoms with Crippen LogP contribution in [-0.4, -0.2) is 49.3 Å². The van der Waals surface area contributed by atoms with Crippen LogP contribution in [0.3, 0.4) is 0 Å². The van der Waals surface area contributed by atoms with Gasteiger partial charge in [0, 0.05) is 24.8 Å². The molecule has 0 bridgehead atoms. The summed E-state index contributed by atoms with van der Waals surface area (Å²) in [5, 5.41) is 9.85. The van der Waals surface area contributed by atoms with Crippen molar-refractivity contribution in [1.29, 1.82) is 0 Å². The summed E-state index contributed by atoms with van der Waals surface area (Å²) >= 11 is 0. The van der Waals surface area contributed by atoms with Gasteiger partial charge in [-0.3, -0.25) is 0 Å². The van der Waals surface area contributed by atoms with E-state index in [9.17, 15) is 5.11 Å². The van der Waals surface area contributed by atoms with Crippen LogP contribution < -0.4 is 16.4 Å². The maximum Gasteiger partial charge on any atom is 0.0735 e. The largest absolute Gasteiger partial charge is 0.397 e. The van der Waals surface area contributed by atoms with Gasteiger partial charge in [0.2, 0.25) is 0 Å². The first kappa shape index (κ1) is 13.0. The topological polar surface area (TPSA) is 78.8 Å². The highest BCUT2D eigenvalue weighted by atomic mass is 16.3. The van der Waals surface area contributed by atoms with Crippen LogP contribution in [0.1, 0.15) is 6.42 Å². The minimum absolute atomic E-state index is 0.270. The highest BCUT2D eigenvalue weighted by Gasteiger charge is 2.31. The number of anilines is 3. The number of benzene rings is 1. The summed E-state index contributed by atoms with van der Waals surface area (Å²) in [6, 6.07) is 5.99. The molecule has 1 fully saturated rings. The standard InChI is InChI=1S/C13H22N4O/c1-16(2)7-10-5-11(18)8-17(10)9-3-4-12(14)13(15)6-9/h3-4,6,10-11,18H,5,7-8,14-15H2,1-2H3. The number of nitrogen functional groups attached to an aromatic ring is 2.